The van der Waals surface area contributed by atoms with Crippen molar-refractivity contribution in [1.29, 1.82) is 0 Å². The van der Waals surface area contributed by atoms with E-state index in [0.29, 0.717) is 0 Å². The SMILES string of the molecule is CCCCCCCCc1ccc2c(c1)CCCC(Br)C2=O. The van der Waals surface area contributed by atoms with Crippen molar-refractivity contribution < 1.29 is 4.79 Å². The second kappa shape index (κ2) is 8.73. The normalized spacial score (nSPS) is 18.4. The van der Waals surface area contributed by atoms with Gasteiger partial charge >= 0.3 is 0 Å². The van der Waals surface area contributed by atoms with E-state index in [-0.39, 0.29) is 10.6 Å². The molecular weight excluding hydrogens is 324 g/mol. The van der Waals surface area contributed by atoms with Crippen LogP contribution in [0.15, 0.2) is 18.2 Å². The number of rotatable bonds is 7. The van der Waals surface area contributed by atoms with Crippen LogP contribution in [0, 0.1) is 0 Å². The van der Waals surface area contributed by atoms with Gasteiger partial charge in [-0.05, 0) is 43.2 Å². The third-order valence-electron chi connectivity index (χ3n) is 4.44. The molecule has 0 fully saturated rings. The van der Waals surface area contributed by atoms with Crippen molar-refractivity contribution in [3.05, 3.63) is 34.9 Å². The molecular formula is C19H27BrO. The van der Waals surface area contributed by atoms with Gasteiger partial charge in [-0.3, -0.25) is 4.79 Å². The molecule has 1 unspecified atom stereocenters. The highest BCUT2D eigenvalue weighted by molar-refractivity contribution is 9.10. The second-order valence-corrected chi connectivity index (χ2v) is 7.34. The van der Waals surface area contributed by atoms with E-state index in [4.69, 9.17) is 0 Å². The van der Waals surface area contributed by atoms with Crippen molar-refractivity contribution >= 4 is 21.7 Å². The minimum Gasteiger partial charge on any atom is -0.293 e. The van der Waals surface area contributed by atoms with E-state index in [1.807, 2.05) is 0 Å². The van der Waals surface area contributed by atoms with E-state index in [1.165, 1.54) is 49.7 Å². The standard InChI is InChI=1S/C19H27BrO/c1-2-3-4-5-6-7-9-15-12-13-17-16(14-15)10-8-11-18(20)19(17)21/h12-14,18H,2-11H2,1H3. The Morgan fingerprint density at radius 3 is 2.71 bits per heavy atom. The van der Waals surface area contributed by atoms with Crippen LogP contribution in [0.3, 0.4) is 0 Å². The number of carbonyl (C=O) groups excluding carboxylic acids is 1. The van der Waals surface area contributed by atoms with Crippen LogP contribution < -0.4 is 0 Å². The largest absolute Gasteiger partial charge is 0.293 e. The minimum absolute atomic E-state index is 0.0168. The third kappa shape index (κ3) is 4.95. The molecule has 21 heavy (non-hydrogen) atoms. The molecule has 0 aromatic heterocycles. The Hall–Kier alpha value is -0.630. The van der Waals surface area contributed by atoms with E-state index >= 15 is 0 Å². The zero-order valence-corrected chi connectivity index (χ0v) is 14.8. The Morgan fingerprint density at radius 2 is 1.90 bits per heavy atom. The molecule has 0 N–H and O–H groups in total. The fourth-order valence-electron chi connectivity index (χ4n) is 3.13. The predicted octanol–water partition coefficient (Wildman–Crippen LogP) is 5.87. The summed E-state index contributed by atoms with van der Waals surface area (Å²) in [6, 6.07) is 6.50. The van der Waals surface area contributed by atoms with E-state index in [0.717, 1.165) is 31.2 Å². The number of unbranched alkanes of at least 4 members (excludes halogenated alkanes) is 5. The number of alkyl halides is 1. The molecule has 1 nitrogen and oxygen atoms in total. The molecule has 2 rings (SSSR count). The second-order valence-electron chi connectivity index (χ2n) is 6.23. The number of ketones is 1. The Bertz CT molecular complexity index is 467. The number of benzene rings is 1. The quantitative estimate of drug-likeness (QED) is 0.341. The topological polar surface area (TPSA) is 17.1 Å². The lowest BCUT2D eigenvalue weighted by Gasteiger charge is -2.09. The van der Waals surface area contributed by atoms with Crippen LogP contribution in [-0.2, 0) is 12.8 Å². The summed E-state index contributed by atoms with van der Waals surface area (Å²) < 4.78 is 0. The van der Waals surface area contributed by atoms with Crippen molar-refractivity contribution in [2.45, 2.75) is 76.0 Å². The molecule has 0 spiro atoms. The van der Waals surface area contributed by atoms with Gasteiger partial charge in [0.2, 0.25) is 0 Å². The first-order chi connectivity index (χ1) is 10.2. The van der Waals surface area contributed by atoms with Gasteiger partial charge in [-0.25, -0.2) is 0 Å². The summed E-state index contributed by atoms with van der Waals surface area (Å²) >= 11 is 3.51. The molecule has 0 saturated carbocycles. The Balaban J connectivity index is 1.89. The average Bonchev–Trinajstić information content (AvgIpc) is 2.63. The summed E-state index contributed by atoms with van der Waals surface area (Å²) in [6.45, 7) is 2.26. The van der Waals surface area contributed by atoms with Crippen LogP contribution in [0.5, 0.6) is 0 Å². The van der Waals surface area contributed by atoms with Crippen molar-refractivity contribution in [2.24, 2.45) is 0 Å². The molecule has 1 aromatic rings. The Morgan fingerprint density at radius 1 is 1.14 bits per heavy atom. The lowest BCUT2D eigenvalue weighted by atomic mass is 9.96. The van der Waals surface area contributed by atoms with Gasteiger partial charge in [0.1, 0.15) is 0 Å². The van der Waals surface area contributed by atoms with Crippen LogP contribution in [0.1, 0.15) is 79.8 Å². The number of hydrogen-bond donors (Lipinski definition) is 0. The highest BCUT2D eigenvalue weighted by Gasteiger charge is 2.23. The number of aryl methyl sites for hydroxylation is 2. The van der Waals surface area contributed by atoms with Gasteiger partial charge in [0.15, 0.2) is 5.78 Å². The summed E-state index contributed by atoms with van der Waals surface area (Å²) in [7, 11) is 0. The first-order valence-electron chi connectivity index (χ1n) is 8.52. The summed E-state index contributed by atoms with van der Waals surface area (Å²) in [5.41, 5.74) is 3.62. The van der Waals surface area contributed by atoms with E-state index in [9.17, 15) is 4.79 Å². The third-order valence-corrected chi connectivity index (χ3v) is 5.32. The zero-order chi connectivity index (χ0) is 15.1. The first kappa shape index (κ1) is 16.7. The van der Waals surface area contributed by atoms with Crippen molar-refractivity contribution in [1.82, 2.24) is 0 Å². The van der Waals surface area contributed by atoms with E-state index < -0.39 is 0 Å². The Kier molecular flexibility index (Phi) is 6.95. The predicted molar refractivity (Wildman–Crippen MR) is 93.5 cm³/mol. The summed E-state index contributed by atoms with van der Waals surface area (Å²) in [4.78, 5) is 12.3. The average molecular weight is 351 g/mol. The van der Waals surface area contributed by atoms with Crippen molar-refractivity contribution in [3.63, 3.8) is 0 Å². The molecule has 1 atom stereocenters. The Labute approximate surface area is 137 Å². The molecule has 1 aromatic carbocycles. The van der Waals surface area contributed by atoms with Gasteiger partial charge in [0.05, 0.1) is 4.83 Å². The molecule has 0 aliphatic heterocycles. The number of fused-ring (bicyclic) bond motifs is 1. The van der Waals surface area contributed by atoms with Gasteiger partial charge < -0.3 is 0 Å². The van der Waals surface area contributed by atoms with Crippen LogP contribution in [-0.4, -0.2) is 10.6 Å². The monoisotopic (exact) mass is 350 g/mol. The first-order valence-corrected chi connectivity index (χ1v) is 9.44. The number of hydrogen-bond acceptors (Lipinski definition) is 1. The molecule has 0 heterocycles. The molecule has 1 aliphatic rings. The zero-order valence-electron chi connectivity index (χ0n) is 13.2. The highest BCUT2D eigenvalue weighted by Crippen LogP contribution is 2.26. The lowest BCUT2D eigenvalue weighted by molar-refractivity contribution is 0.0990. The van der Waals surface area contributed by atoms with Crippen LogP contribution in [0.4, 0.5) is 0 Å². The molecule has 2 heteroatoms. The number of halogens is 1. The smallest absolute Gasteiger partial charge is 0.176 e. The summed E-state index contributed by atoms with van der Waals surface area (Å²) in [6.07, 6.45) is 12.3. The van der Waals surface area contributed by atoms with Crippen LogP contribution in [0.2, 0.25) is 0 Å². The van der Waals surface area contributed by atoms with Crippen LogP contribution in [0.25, 0.3) is 0 Å². The fraction of sp³-hybridized carbons (Fsp3) is 0.632. The lowest BCUT2D eigenvalue weighted by Crippen LogP contribution is -2.12. The minimum atomic E-state index is 0.0168. The highest BCUT2D eigenvalue weighted by atomic mass is 79.9. The molecule has 116 valence electrons. The van der Waals surface area contributed by atoms with E-state index in [2.05, 4.69) is 41.1 Å². The van der Waals surface area contributed by atoms with Crippen molar-refractivity contribution in [3.8, 4) is 0 Å². The maximum absolute atomic E-state index is 12.3. The van der Waals surface area contributed by atoms with Crippen LogP contribution >= 0.6 is 15.9 Å². The molecule has 1 aliphatic carbocycles. The summed E-state index contributed by atoms with van der Waals surface area (Å²) in [5, 5.41) is 0. The van der Waals surface area contributed by atoms with Gasteiger partial charge in [-0.15, -0.1) is 0 Å². The van der Waals surface area contributed by atoms with Gasteiger partial charge in [-0.2, -0.15) is 0 Å². The number of Topliss-reactive ketones (excluding diaryl/α,β-unsaturated/α-hetero) is 1. The van der Waals surface area contributed by atoms with Gasteiger partial charge in [0.25, 0.3) is 0 Å². The molecule has 0 bridgehead atoms. The number of carbonyl (C=O) groups is 1. The van der Waals surface area contributed by atoms with Gasteiger partial charge in [0, 0.05) is 5.56 Å². The molecule has 0 radical (unpaired) electrons. The molecule has 0 amide bonds. The molecule has 0 saturated heterocycles. The van der Waals surface area contributed by atoms with E-state index in [1.54, 1.807) is 0 Å². The van der Waals surface area contributed by atoms with Gasteiger partial charge in [-0.1, -0.05) is 73.2 Å². The maximum Gasteiger partial charge on any atom is 0.176 e. The fourth-order valence-corrected chi connectivity index (χ4v) is 3.70. The maximum atomic E-state index is 12.3. The van der Waals surface area contributed by atoms with Crippen molar-refractivity contribution in [2.75, 3.05) is 0 Å². The summed E-state index contributed by atoms with van der Waals surface area (Å²) in [5.74, 6) is 0.272.